The summed E-state index contributed by atoms with van der Waals surface area (Å²) >= 11 is 0. The normalized spacial score (nSPS) is 16.3. The Balaban J connectivity index is 1.64. The van der Waals surface area contributed by atoms with Gasteiger partial charge < -0.3 is 14.8 Å². The number of benzene rings is 3. The molecule has 0 spiro atoms. The number of hydrogen-bond donors (Lipinski definition) is 1. The fraction of sp³-hybridized carbons (Fsp3) is 0.345. The number of carbonyl (C=O) groups is 1. The number of aryl methyl sites for hydroxylation is 2. The summed E-state index contributed by atoms with van der Waals surface area (Å²) in [6, 6.07) is 18.9. The number of anilines is 1. The number of carbonyl (C=O) groups excluding carboxylic acids is 1. The Morgan fingerprint density at radius 3 is 2.32 bits per heavy atom. The van der Waals surface area contributed by atoms with E-state index in [0.29, 0.717) is 24.5 Å². The summed E-state index contributed by atoms with van der Waals surface area (Å²) in [5.74, 6) is 0.909. The summed E-state index contributed by atoms with van der Waals surface area (Å²) in [5, 5.41) is 3.07. The van der Waals surface area contributed by atoms with E-state index in [-0.39, 0.29) is 17.5 Å². The summed E-state index contributed by atoms with van der Waals surface area (Å²) in [7, 11) is -4.03. The van der Waals surface area contributed by atoms with Gasteiger partial charge in [0.15, 0.2) is 0 Å². The predicted octanol–water partition coefficient (Wildman–Crippen LogP) is 5.32. The summed E-state index contributed by atoms with van der Waals surface area (Å²) in [6.07, 6.45) is 0.561. The van der Waals surface area contributed by atoms with E-state index in [4.69, 9.17) is 9.47 Å². The molecular formula is C29H34N2O5S. The number of hydrogen-bond acceptors (Lipinski definition) is 5. The van der Waals surface area contributed by atoms with Gasteiger partial charge in [-0.1, -0.05) is 35.4 Å². The van der Waals surface area contributed by atoms with Gasteiger partial charge in [-0.15, -0.1) is 0 Å². The first kappa shape index (κ1) is 26.5. The van der Waals surface area contributed by atoms with Gasteiger partial charge in [-0.3, -0.25) is 9.10 Å². The van der Waals surface area contributed by atoms with Crippen LogP contribution in [0.5, 0.6) is 11.5 Å². The smallest absolute Gasteiger partial charge is 0.264 e. The zero-order valence-electron chi connectivity index (χ0n) is 21.9. The topological polar surface area (TPSA) is 84.9 Å². The minimum absolute atomic E-state index is 0.0810. The average molecular weight is 523 g/mol. The lowest BCUT2D eigenvalue weighted by atomic mass is 9.89. The number of nitrogens with one attached hydrogen (secondary N) is 1. The molecule has 1 heterocycles. The van der Waals surface area contributed by atoms with Gasteiger partial charge >= 0.3 is 0 Å². The molecule has 0 radical (unpaired) electrons. The second kappa shape index (κ2) is 10.5. The van der Waals surface area contributed by atoms with E-state index in [1.165, 1.54) is 12.1 Å². The quantitative estimate of drug-likeness (QED) is 0.433. The van der Waals surface area contributed by atoms with Gasteiger partial charge in [-0.25, -0.2) is 8.42 Å². The zero-order valence-corrected chi connectivity index (χ0v) is 22.8. The first-order valence-electron chi connectivity index (χ1n) is 12.4. The number of nitrogens with zero attached hydrogens (tertiary/aromatic N) is 1. The summed E-state index contributed by atoms with van der Waals surface area (Å²) < 4.78 is 40.2. The van der Waals surface area contributed by atoms with Crippen molar-refractivity contribution < 1.29 is 22.7 Å². The minimum atomic E-state index is -4.03. The number of fused-ring (bicyclic) bond motifs is 1. The Morgan fingerprint density at radius 2 is 1.68 bits per heavy atom. The predicted molar refractivity (Wildman–Crippen MR) is 145 cm³/mol. The summed E-state index contributed by atoms with van der Waals surface area (Å²) in [6.45, 7) is 9.84. The molecule has 0 bridgehead atoms. The number of amides is 1. The molecule has 1 aliphatic heterocycles. The van der Waals surface area contributed by atoms with Gasteiger partial charge in [0.2, 0.25) is 5.91 Å². The van der Waals surface area contributed by atoms with E-state index in [2.05, 4.69) is 5.32 Å². The van der Waals surface area contributed by atoms with Crippen molar-refractivity contribution in [3.63, 3.8) is 0 Å². The van der Waals surface area contributed by atoms with Gasteiger partial charge in [-0.05, 0) is 77.1 Å². The molecule has 3 aromatic carbocycles. The van der Waals surface area contributed by atoms with E-state index < -0.39 is 21.5 Å². The fourth-order valence-electron chi connectivity index (χ4n) is 4.50. The molecule has 0 saturated heterocycles. The molecule has 196 valence electrons. The van der Waals surface area contributed by atoms with E-state index >= 15 is 0 Å². The van der Waals surface area contributed by atoms with Crippen LogP contribution in [0.1, 0.15) is 49.9 Å². The Kier molecular flexibility index (Phi) is 7.50. The molecular weight excluding hydrogens is 488 g/mol. The van der Waals surface area contributed by atoms with Crippen LogP contribution in [-0.2, 0) is 14.8 Å². The van der Waals surface area contributed by atoms with Crippen LogP contribution in [0.4, 0.5) is 5.69 Å². The van der Waals surface area contributed by atoms with Crippen LogP contribution in [-0.4, -0.2) is 33.1 Å². The number of ether oxygens (including phenoxy) is 2. The lowest BCUT2D eigenvalue weighted by Crippen LogP contribution is -2.45. The van der Waals surface area contributed by atoms with Gasteiger partial charge in [0.1, 0.15) is 23.6 Å². The second-order valence-electron chi connectivity index (χ2n) is 9.98. The molecule has 8 heteroatoms. The van der Waals surface area contributed by atoms with Crippen LogP contribution >= 0.6 is 0 Å². The number of rotatable bonds is 8. The molecule has 0 saturated carbocycles. The molecule has 37 heavy (non-hydrogen) atoms. The Morgan fingerprint density at radius 1 is 1.03 bits per heavy atom. The molecule has 3 aromatic rings. The molecule has 1 atom stereocenters. The van der Waals surface area contributed by atoms with Crippen LogP contribution in [0.25, 0.3) is 0 Å². The van der Waals surface area contributed by atoms with Crippen molar-refractivity contribution in [2.75, 3.05) is 17.5 Å². The third-order valence-electron chi connectivity index (χ3n) is 6.29. The summed E-state index contributed by atoms with van der Waals surface area (Å²) in [5.41, 5.74) is 2.87. The maximum absolute atomic E-state index is 13.7. The third-order valence-corrected chi connectivity index (χ3v) is 8.08. The van der Waals surface area contributed by atoms with Crippen molar-refractivity contribution in [3.05, 3.63) is 83.4 Å². The van der Waals surface area contributed by atoms with Crippen molar-refractivity contribution in [1.82, 2.24) is 5.32 Å². The molecule has 1 aliphatic rings. The Bertz CT molecular complexity index is 1370. The van der Waals surface area contributed by atoms with Gasteiger partial charge in [-0.2, -0.15) is 0 Å². The third kappa shape index (κ3) is 6.07. The van der Waals surface area contributed by atoms with Crippen molar-refractivity contribution in [1.29, 1.82) is 0 Å². The second-order valence-corrected chi connectivity index (χ2v) is 11.8. The maximum atomic E-state index is 13.7. The number of sulfonamides is 1. The lowest BCUT2D eigenvalue weighted by molar-refractivity contribution is -0.120. The van der Waals surface area contributed by atoms with E-state index in [1.54, 1.807) is 24.3 Å². The molecule has 1 N–H and O–H groups in total. The highest BCUT2D eigenvalue weighted by molar-refractivity contribution is 7.92. The largest absolute Gasteiger partial charge is 0.494 e. The van der Waals surface area contributed by atoms with Gasteiger partial charge in [0.05, 0.1) is 23.2 Å². The van der Waals surface area contributed by atoms with E-state index in [0.717, 1.165) is 26.7 Å². The molecule has 7 nitrogen and oxygen atoms in total. The molecule has 1 amide bonds. The van der Waals surface area contributed by atoms with Gasteiger partial charge in [0.25, 0.3) is 10.0 Å². The zero-order chi connectivity index (χ0) is 26.8. The molecule has 4 rings (SSSR count). The first-order valence-corrected chi connectivity index (χ1v) is 13.8. The highest BCUT2D eigenvalue weighted by Gasteiger charge is 2.35. The van der Waals surface area contributed by atoms with Crippen molar-refractivity contribution in [2.24, 2.45) is 0 Å². The summed E-state index contributed by atoms with van der Waals surface area (Å²) in [4.78, 5) is 13.5. The van der Waals surface area contributed by atoms with Crippen LogP contribution in [0.2, 0.25) is 0 Å². The fourth-order valence-corrected chi connectivity index (χ4v) is 5.92. The highest BCUT2D eigenvalue weighted by atomic mass is 32.2. The lowest BCUT2D eigenvalue weighted by Gasteiger charge is -2.38. The monoisotopic (exact) mass is 522 g/mol. The highest BCUT2D eigenvalue weighted by Crippen LogP contribution is 2.40. The molecule has 1 unspecified atom stereocenters. The van der Waals surface area contributed by atoms with Crippen molar-refractivity contribution >= 4 is 21.6 Å². The van der Waals surface area contributed by atoms with Gasteiger partial charge in [0, 0.05) is 12.0 Å². The molecule has 0 aliphatic carbocycles. The Labute approximate surface area is 219 Å². The average Bonchev–Trinajstić information content (AvgIpc) is 2.84. The van der Waals surface area contributed by atoms with Crippen LogP contribution in [0, 0.1) is 13.8 Å². The van der Waals surface area contributed by atoms with E-state index in [9.17, 15) is 13.2 Å². The van der Waals surface area contributed by atoms with Crippen LogP contribution in [0.15, 0.2) is 71.6 Å². The van der Waals surface area contributed by atoms with E-state index in [1.807, 2.05) is 65.0 Å². The SMILES string of the molecule is CCOc1ccc(S(=O)(=O)N(CC(=O)NC2CC(C)(C)Oc3ccc(C)cc32)c2ccc(C)cc2)cc1. The molecule has 0 fully saturated rings. The standard InChI is InChI=1S/C29H34N2O5S/c1-6-35-23-12-14-24(15-13-23)37(33,34)31(22-10-7-20(2)8-11-22)19-28(32)30-26-18-29(4,5)36-27-16-9-21(3)17-25(26)27/h7-17,26H,6,18-19H2,1-5H3,(H,30,32). The maximum Gasteiger partial charge on any atom is 0.264 e. The Hall–Kier alpha value is -3.52. The van der Waals surface area contributed by atoms with Crippen molar-refractivity contribution in [2.45, 2.75) is 57.6 Å². The van der Waals surface area contributed by atoms with Crippen LogP contribution in [0.3, 0.4) is 0 Å². The first-order chi connectivity index (χ1) is 17.5. The van der Waals surface area contributed by atoms with Crippen LogP contribution < -0.4 is 19.1 Å². The van der Waals surface area contributed by atoms with Crippen molar-refractivity contribution in [3.8, 4) is 11.5 Å². The molecule has 0 aromatic heterocycles. The minimum Gasteiger partial charge on any atom is -0.494 e.